The third kappa shape index (κ3) is 2.19. The molecule has 18 heavy (non-hydrogen) atoms. The van der Waals surface area contributed by atoms with Crippen molar-refractivity contribution in [3.63, 3.8) is 0 Å². The maximum atomic E-state index is 4.74. The van der Waals surface area contributed by atoms with Gasteiger partial charge >= 0.3 is 0 Å². The summed E-state index contributed by atoms with van der Waals surface area (Å²) in [6.07, 6.45) is 5.98. The third-order valence-corrected chi connectivity index (χ3v) is 4.26. The Bertz CT molecular complexity index is 553. The number of aromatic nitrogens is 2. The second-order valence-electron chi connectivity index (χ2n) is 5.12. The van der Waals surface area contributed by atoms with E-state index in [4.69, 9.17) is 4.98 Å². The van der Waals surface area contributed by atoms with E-state index in [0.29, 0.717) is 5.92 Å². The van der Waals surface area contributed by atoms with Crippen LogP contribution in [-0.4, -0.2) is 22.5 Å². The van der Waals surface area contributed by atoms with Crippen molar-refractivity contribution in [1.82, 2.24) is 14.7 Å². The number of hydrogen-bond donors (Lipinski definition) is 1. The predicted molar refractivity (Wildman–Crippen MR) is 77.1 cm³/mol. The van der Waals surface area contributed by atoms with Crippen LogP contribution in [0.25, 0.3) is 5.52 Å². The molecule has 0 amide bonds. The number of nitrogens with one attached hydrogen (secondary N) is 1. The number of rotatable bonds is 1. The van der Waals surface area contributed by atoms with E-state index in [2.05, 4.69) is 50.9 Å². The maximum absolute atomic E-state index is 4.74. The molecule has 3 nitrogen and oxygen atoms in total. The molecule has 96 valence electrons. The minimum atomic E-state index is 0.521. The highest BCUT2D eigenvalue weighted by Gasteiger charge is 2.20. The fraction of sp³-hybridized carbons (Fsp3) is 0.500. The molecule has 1 N–H and O–H groups in total. The van der Waals surface area contributed by atoms with E-state index >= 15 is 0 Å². The summed E-state index contributed by atoms with van der Waals surface area (Å²) in [4.78, 5) is 4.74. The van der Waals surface area contributed by atoms with Crippen LogP contribution in [0.4, 0.5) is 0 Å². The quantitative estimate of drug-likeness (QED) is 0.876. The molecule has 1 unspecified atom stereocenters. The van der Waals surface area contributed by atoms with Crippen molar-refractivity contribution in [2.45, 2.75) is 32.1 Å². The largest absolute Gasteiger partial charge is 0.316 e. The van der Waals surface area contributed by atoms with Crippen molar-refractivity contribution >= 4 is 21.4 Å². The van der Waals surface area contributed by atoms with E-state index in [1.165, 1.54) is 36.2 Å². The second-order valence-corrected chi connectivity index (χ2v) is 5.87. The van der Waals surface area contributed by atoms with Crippen molar-refractivity contribution in [3.8, 4) is 0 Å². The van der Waals surface area contributed by atoms with Gasteiger partial charge in [0.1, 0.15) is 10.4 Å². The highest BCUT2D eigenvalue weighted by atomic mass is 79.9. The van der Waals surface area contributed by atoms with Crippen LogP contribution >= 0.6 is 15.9 Å². The SMILES string of the molecule is Cc1ccc2c(Br)nc(C3CCCCNC3)n2c1. The Morgan fingerprint density at radius 2 is 2.28 bits per heavy atom. The van der Waals surface area contributed by atoms with Gasteiger partial charge in [0.25, 0.3) is 0 Å². The van der Waals surface area contributed by atoms with E-state index in [9.17, 15) is 0 Å². The van der Waals surface area contributed by atoms with Gasteiger partial charge in [-0.15, -0.1) is 0 Å². The molecule has 0 aromatic carbocycles. The number of fused-ring (bicyclic) bond motifs is 1. The lowest BCUT2D eigenvalue weighted by atomic mass is 10.0. The van der Waals surface area contributed by atoms with Crippen LogP contribution < -0.4 is 5.32 Å². The maximum Gasteiger partial charge on any atom is 0.132 e. The first-order valence-corrected chi connectivity index (χ1v) is 7.40. The Hall–Kier alpha value is -0.870. The summed E-state index contributed by atoms with van der Waals surface area (Å²) in [5.41, 5.74) is 2.44. The molecule has 4 heteroatoms. The molecular weight excluding hydrogens is 290 g/mol. The van der Waals surface area contributed by atoms with Crippen LogP contribution in [0.5, 0.6) is 0 Å². The monoisotopic (exact) mass is 307 g/mol. The molecule has 2 aromatic rings. The van der Waals surface area contributed by atoms with Crippen molar-refractivity contribution < 1.29 is 0 Å². The summed E-state index contributed by atoms with van der Waals surface area (Å²) >= 11 is 3.58. The predicted octanol–water partition coefficient (Wildman–Crippen LogP) is 3.26. The van der Waals surface area contributed by atoms with Gasteiger partial charge in [0.15, 0.2) is 0 Å². The molecule has 1 aliphatic rings. The standard InChI is InChI=1S/C14H18BrN3/c1-10-5-6-12-13(15)17-14(18(12)9-10)11-4-2-3-7-16-8-11/h5-6,9,11,16H,2-4,7-8H2,1H3. The number of nitrogens with zero attached hydrogens (tertiary/aromatic N) is 2. The Balaban J connectivity index is 2.07. The van der Waals surface area contributed by atoms with Crippen LogP contribution in [0.3, 0.4) is 0 Å². The van der Waals surface area contributed by atoms with Crippen LogP contribution in [0.15, 0.2) is 22.9 Å². The molecule has 1 atom stereocenters. The highest BCUT2D eigenvalue weighted by Crippen LogP contribution is 2.28. The van der Waals surface area contributed by atoms with Crippen molar-refractivity contribution in [1.29, 1.82) is 0 Å². The molecule has 1 fully saturated rings. The Morgan fingerprint density at radius 3 is 3.17 bits per heavy atom. The molecular formula is C14H18BrN3. The molecule has 3 rings (SSSR count). The molecule has 1 saturated heterocycles. The van der Waals surface area contributed by atoms with Gasteiger partial charge in [0, 0.05) is 18.7 Å². The highest BCUT2D eigenvalue weighted by molar-refractivity contribution is 9.10. The fourth-order valence-corrected chi connectivity index (χ4v) is 3.21. The average molecular weight is 308 g/mol. The van der Waals surface area contributed by atoms with Crippen LogP contribution in [0.1, 0.15) is 36.6 Å². The average Bonchev–Trinajstić information content (AvgIpc) is 2.58. The topological polar surface area (TPSA) is 29.3 Å². The minimum absolute atomic E-state index is 0.521. The van der Waals surface area contributed by atoms with Gasteiger partial charge in [-0.2, -0.15) is 0 Å². The Morgan fingerprint density at radius 1 is 1.39 bits per heavy atom. The summed E-state index contributed by atoms with van der Waals surface area (Å²) in [6, 6.07) is 4.27. The molecule has 1 aliphatic heterocycles. The molecule has 0 bridgehead atoms. The molecule has 2 aromatic heterocycles. The van der Waals surface area contributed by atoms with E-state index in [1.54, 1.807) is 0 Å². The van der Waals surface area contributed by atoms with E-state index < -0.39 is 0 Å². The number of imidazole rings is 1. The van der Waals surface area contributed by atoms with Crippen molar-refractivity contribution in [2.75, 3.05) is 13.1 Å². The van der Waals surface area contributed by atoms with Gasteiger partial charge in [0.2, 0.25) is 0 Å². The van der Waals surface area contributed by atoms with Gasteiger partial charge in [-0.1, -0.05) is 12.5 Å². The number of halogens is 1. The third-order valence-electron chi connectivity index (χ3n) is 3.68. The zero-order chi connectivity index (χ0) is 12.5. The van der Waals surface area contributed by atoms with Crippen LogP contribution in [0, 0.1) is 6.92 Å². The second kappa shape index (κ2) is 5.02. The van der Waals surface area contributed by atoms with Gasteiger partial charge in [0.05, 0.1) is 5.52 Å². The molecule has 0 spiro atoms. The Labute approximate surface area is 116 Å². The van der Waals surface area contributed by atoms with E-state index in [1.807, 2.05) is 0 Å². The lowest BCUT2D eigenvalue weighted by molar-refractivity contribution is 0.575. The summed E-state index contributed by atoms with van der Waals surface area (Å²) in [7, 11) is 0. The van der Waals surface area contributed by atoms with Gasteiger partial charge in [-0.3, -0.25) is 0 Å². The molecule has 0 saturated carbocycles. The zero-order valence-corrected chi connectivity index (χ0v) is 12.2. The van der Waals surface area contributed by atoms with Crippen LogP contribution in [0.2, 0.25) is 0 Å². The van der Waals surface area contributed by atoms with E-state index in [0.717, 1.165) is 17.7 Å². The first-order chi connectivity index (χ1) is 8.75. The fourth-order valence-electron chi connectivity index (χ4n) is 2.70. The Kier molecular flexibility index (Phi) is 3.39. The zero-order valence-electron chi connectivity index (χ0n) is 10.6. The summed E-state index contributed by atoms with van der Waals surface area (Å²) in [6.45, 7) is 4.31. The van der Waals surface area contributed by atoms with Gasteiger partial charge in [-0.05, 0) is 53.9 Å². The van der Waals surface area contributed by atoms with E-state index in [-0.39, 0.29) is 0 Å². The summed E-state index contributed by atoms with van der Waals surface area (Å²) in [5, 5.41) is 3.52. The molecule has 3 heterocycles. The van der Waals surface area contributed by atoms with Crippen LogP contribution in [-0.2, 0) is 0 Å². The lowest BCUT2D eigenvalue weighted by Crippen LogP contribution is -2.20. The molecule has 0 aliphatic carbocycles. The summed E-state index contributed by atoms with van der Waals surface area (Å²) in [5.74, 6) is 1.71. The smallest absolute Gasteiger partial charge is 0.132 e. The number of pyridine rings is 1. The van der Waals surface area contributed by atoms with Gasteiger partial charge < -0.3 is 9.72 Å². The van der Waals surface area contributed by atoms with Crippen molar-refractivity contribution in [3.05, 3.63) is 34.3 Å². The first-order valence-electron chi connectivity index (χ1n) is 6.60. The normalized spacial score (nSPS) is 21.1. The summed E-state index contributed by atoms with van der Waals surface area (Å²) < 4.78 is 3.21. The lowest BCUT2D eigenvalue weighted by Gasteiger charge is -2.13. The number of hydrogen-bond acceptors (Lipinski definition) is 2. The minimum Gasteiger partial charge on any atom is -0.316 e. The van der Waals surface area contributed by atoms with Gasteiger partial charge in [-0.25, -0.2) is 4.98 Å². The first kappa shape index (κ1) is 12.2. The van der Waals surface area contributed by atoms with Crippen molar-refractivity contribution in [2.24, 2.45) is 0 Å². The molecule has 0 radical (unpaired) electrons. The number of aryl methyl sites for hydroxylation is 1.